The van der Waals surface area contributed by atoms with Crippen LogP contribution in [0.1, 0.15) is 81.1 Å². The average molecular weight is 577 g/mol. The van der Waals surface area contributed by atoms with Crippen LogP contribution in [-0.2, 0) is 0 Å². The minimum atomic E-state index is 1.10. The standard InChI is InChI=1S/C40H40N4/c1-21-17-23(3)37(24(4)18-21)39-33-13-9-29(41-33)27(7)31-11-15-35(43-31)40(38-25(5)19-22(2)20-26(38)6)36-16-12-32(44-36)28(8)30-10-14-34(39)42-30/h9-20,41-44H,1-8H3. The molecule has 1 aliphatic heterocycles. The van der Waals surface area contributed by atoms with Crippen molar-refractivity contribution in [3.63, 3.8) is 0 Å². The summed E-state index contributed by atoms with van der Waals surface area (Å²) in [4.78, 5) is 15.2. The zero-order valence-electron chi connectivity index (χ0n) is 26.9. The van der Waals surface area contributed by atoms with Crippen molar-refractivity contribution in [3.05, 3.63) is 161 Å². The van der Waals surface area contributed by atoms with Crippen molar-refractivity contribution in [1.29, 1.82) is 0 Å². The van der Waals surface area contributed by atoms with Gasteiger partial charge in [0.15, 0.2) is 0 Å². The second kappa shape index (κ2) is 10.3. The van der Waals surface area contributed by atoms with E-state index < -0.39 is 0 Å². The predicted molar refractivity (Wildman–Crippen MR) is 183 cm³/mol. The first-order valence-corrected chi connectivity index (χ1v) is 15.5. The smallest absolute Gasteiger partial charge is 0.0486 e. The molecule has 4 aromatic heterocycles. The van der Waals surface area contributed by atoms with Gasteiger partial charge in [-0.25, -0.2) is 0 Å². The normalized spacial score (nSPS) is 13.3. The van der Waals surface area contributed by atoms with Crippen molar-refractivity contribution in [2.24, 2.45) is 0 Å². The second-order valence-corrected chi connectivity index (χ2v) is 12.7. The van der Waals surface area contributed by atoms with Crippen molar-refractivity contribution in [3.8, 4) is 0 Å². The molecule has 4 nitrogen and oxygen atoms in total. The van der Waals surface area contributed by atoms with Crippen molar-refractivity contribution in [2.45, 2.75) is 55.4 Å². The fourth-order valence-electron chi connectivity index (χ4n) is 7.31. The summed E-state index contributed by atoms with van der Waals surface area (Å²) in [5.41, 5.74) is 19.3. The van der Waals surface area contributed by atoms with Crippen molar-refractivity contribution < 1.29 is 0 Å². The minimum Gasteiger partial charge on any atom is -0.355 e. The van der Waals surface area contributed by atoms with E-state index in [-0.39, 0.29) is 0 Å². The predicted octanol–water partition coefficient (Wildman–Crippen LogP) is 6.10. The van der Waals surface area contributed by atoms with Crippen LogP contribution in [-0.4, -0.2) is 19.9 Å². The van der Waals surface area contributed by atoms with Crippen LogP contribution in [0.25, 0.3) is 22.3 Å². The molecule has 8 bridgehead atoms. The molecule has 1 aliphatic rings. The molecule has 0 atom stereocenters. The summed E-state index contributed by atoms with van der Waals surface area (Å²) in [5.74, 6) is 0. The molecule has 0 fully saturated rings. The molecule has 6 aromatic rings. The van der Waals surface area contributed by atoms with Gasteiger partial charge in [0.2, 0.25) is 0 Å². The molecule has 0 spiro atoms. The van der Waals surface area contributed by atoms with Crippen LogP contribution in [0.2, 0.25) is 0 Å². The number of nitrogens with one attached hydrogen (secondary N) is 4. The first-order chi connectivity index (χ1) is 21.1. The van der Waals surface area contributed by atoms with Crippen LogP contribution in [0.15, 0.2) is 72.8 Å². The van der Waals surface area contributed by atoms with Crippen LogP contribution < -0.4 is 21.4 Å². The Morgan fingerprint density at radius 3 is 1.02 bits per heavy atom. The Bertz CT molecular complexity index is 2150. The van der Waals surface area contributed by atoms with Crippen molar-refractivity contribution in [1.82, 2.24) is 19.9 Å². The van der Waals surface area contributed by atoms with Crippen LogP contribution in [0.4, 0.5) is 0 Å². The van der Waals surface area contributed by atoms with Gasteiger partial charge in [-0.15, -0.1) is 0 Å². The third kappa shape index (κ3) is 4.53. The SMILES string of the molecule is CC1=c2ccc([nH]2)=C(c2c(C)cc(C)cc2C)c2ccc([nH]2)C(C)=c2ccc([nH]2)=C(c2c(C)cc(C)cc2C)c2ccc1[nH]2. The molecular weight excluding hydrogens is 536 g/mol. The monoisotopic (exact) mass is 576 g/mol. The number of rotatable bonds is 2. The van der Waals surface area contributed by atoms with Gasteiger partial charge in [0.05, 0.1) is 0 Å². The van der Waals surface area contributed by atoms with Crippen LogP contribution >= 0.6 is 0 Å². The molecule has 44 heavy (non-hydrogen) atoms. The fourth-order valence-corrected chi connectivity index (χ4v) is 7.31. The number of hydrogen-bond donors (Lipinski definition) is 4. The number of fused-ring (bicyclic) bond motifs is 8. The van der Waals surface area contributed by atoms with Gasteiger partial charge in [0, 0.05) is 55.3 Å². The Morgan fingerprint density at radius 1 is 0.341 bits per heavy atom. The highest BCUT2D eigenvalue weighted by Crippen LogP contribution is 2.30. The Labute approximate surface area is 258 Å². The van der Waals surface area contributed by atoms with E-state index in [4.69, 9.17) is 0 Å². The molecule has 4 N–H and O–H groups in total. The number of hydrogen-bond acceptors (Lipinski definition) is 0. The molecule has 0 radical (unpaired) electrons. The highest BCUT2D eigenvalue weighted by Gasteiger charge is 2.18. The molecule has 0 saturated carbocycles. The van der Waals surface area contributed by atoms with Gasteiger partial charge in [-0.3, -0.25) is 0 Å². The zero-order chi connectivity index (χ0) is 30.9. The number of H-pyrrole nitrogens is 4. The lowest BCUT2D eigenvalue weighted by molar-refractivity contribution is 1.17. The molecule has 2 aromatic carbocycles. The first kappa shape index (κ1) is 27.8. The van der Waals surface area contributed by atoms with Gasteiger partial charge in [-0.1, -0.05) is 35.4 Å². The molecule has 7 rings (SSSR count). The average Bonchev–Trinajstić information content (AvgIpc) is 3.78. The Hall–Kier alpha value is -4.96. The maximum absolute atomic E-state index is 3.81. The first-order valence-electron chi connectivity index (χ1n) is 15.5. The summed E-state index contributed by atoms with van der Waals surface area (Å²) < 4.78 is 0. The van der Waals surface area contributed by atoms with E-state index in [0.717, 1.165) is 44.2 Å². The lowest BCUT2D eigenvalue weighted by atomic mass is 9.92. The summed E-state index contributed by atoms with van der Waals surface area (Å²) in [6.45, 7) is 17.6. The maximum atomic E-state index is 3.81. The van der Waals surface area contributed by atoms with Gasteiger partial charge in [-0.2, -0.15) is 0 Å². The molecule has 220 valence electrons. The van der Waals surface area contributed by atoms with Crippen LogP contribution in [0.5, 0.6) is 0 Å². The van der Waals surface area contributed by atoms with E-state index >= 15 is 0 Å². The van der Waals surface area contributed by atoms with E-state index in [1.165, 1.54) is 66.8 Å². The van der Waals surface area contributed by atoms with Crippen LogP contribution in [0, 0.1) is 41.5 Å². The third-order valence-electron chi connectivity index (χ3n) is 9.29. The lowest BCUT2D eigenvalue weighted by Crippen LogP contribution is -2.18. The molecule has 0 aliphatic carbocycles. The Balaban J connectivity index is 1.60. The largest absolute Gasteiger partial charge is 0.355 e. The topological polar surface area (TPSA) is 63.2 Å². The summed E-state index contributed by atoms with van der Waals surface area (Å²) >= 11 is 0. The Morgan fingerprint density at radius 2 is 0.659 bits per heavy atom. The van der Waals surface area contributed by atoms with E-state index in [1.807, 2.05) is 0 Å². The molecule has 4 heteroatoms. The molecule has 0 unspecified atom stereocenters. The highest BCUT2D eigenvalue weighted by molar-refractivity contribution is 5.83. The lowest BCUT2D eigenvalue weighted by Gasteiger charge is -2.15. The highest BCUT2D eigenvalue weighted by atomic mass is 14.8. The van der Waals surface area contributed by atoms with Crippen molar-refractivity contribution >= 4 is 22.3 Å². The van der Waals surface area contributed by atoms with Crippen LogP contribution in [0.3, 0.4) is 0 Å². The van der Waals surface area contributed by atoms with Gasteiger partial charge in [-0.05, 0) is 148 Å². The second-order valence-electron chi connectivity index (χ2n) is 12.7. The maximum Gasteiger partial charge on any atom is 0.0486 e. The summed E-state index contributed by atoms with van der Waals surface area (Å²) in [6, 6.07) is 26.8. The zero-order valence-corrected chi connectivity index (χ0v) is 26.9. The number of aryl methyl sites for hydroxylation is 6. The summed E-state index contributed by atoms with van der Waals surface area (Å²) in [7, 11) is 0. The molecule has 5 heterocycles. The van der Waals surface area contributed by atoms with Gasteiger partial charge >= 0.3 is 0 Å². The number of aromatic amines is 4. The molecular formula is C40H40N4. The number of aromatic nitrogens is 4. The van der Waals surface area contributed by atoms with Gasteiger partial charge < -0.3 is 19.9 Å². The van der Waals surface area contributed by atoms with E-state index in [1.54, 1.807) is 0 Å². The third-order valence-corrected chi connectivity index (χ3v) is 9.29. The molecule has 0 saturated heterocycles. The van der Waals surface area contributed by atoms with E-state index in [0.29, 0.717) is 0 Å². The fraction of sp³-hybridized carbons (Fsp3) is 0.200. The summed E-state index contributed by atoms with van der Waals surface area (Å²) in [6.07, 6.45) is 0. The summed E-state index contributed by atoms with van der Waals surface area (Å²) in [5, 5.41) is 4.39. The molecule has 0 amide bonds. The quantitative estimate of drug-likeness (QED) is 0.193. The van der Waals surface area contributed by atoms with Gasteiger partial charge in [0.1, 0.15) is 0 Å². The minimum absolute atomic E-state index is 1.10. The van der Waals surface area contributed by atoms with Gasteiger partial charge in [0.25, 0.3) is 0 Å². The number of benzene rings is 2. The van der Waals surface area contributed by atoms with Crippen molar-refractivity contribution in [2.75, 3.05) is 0 Å². The Kier molecular flexibility index (Phi) is 6.55. The van der Waals surface area contributed by atoms with E-state index in [2.05, 4.69) is 148 Å². The van der Waals surface area contributed by atoms with E-state index in [9.17, 15) is 0 Å².